The van der Waals surface area contributed by atoms with E-state index in [9.17, 15) is 4.79 Å². The number of hydrogen-bond acceptors (Lipinski definition) is 2. The van der Waals surface area contributed by atoms with Gasteiger partial charge < -0.3 is 10.6 Å². The summed E-state index contributed by atoms with van der Waals surface area (Å²) in [4.78, 5) is 14.6. The van der Waals surface area contributed by atoms with Gasteiger partial charge in [-0.05, 0) is 37.1 Å². The van der Waals surface area contributed by atoms with Crippen molar-refractivity contribution in [3.8, 4) is 0 Å². The molecule has 2 aromatic rings. The van der Waals surface area contributed by atoms with E-state index in [1.165, 1.54) is 0 Å². The highest BCUT2D eigenvalue weighted by molar-refractivity contribution is 5.93. The Labute approximate surface area is 139 Å². The molecule has 0 bridgehead atoms. The van der Waals surface area contributed by atoms with Crippen molar-refractivity contribution >= 4 is 11.6 Å². The molecule has 0 unspecified atom stereocenters. The van der Waals surface area contributed by atoms with Gasteiger partial charge in [-0.1, -0.05) is 61.4 Å². The molecule has 0 saturated carbocycles. The number of carbonyl (C=O) groups is 1. The van der Waals surface area contributed by atoms with Gasteiger partial charge in [-0.15, -0.1) is 0 Å². The van der Waals surface area contributed by atoms with E-state index in [-0.39, 0.29) is 5.91 Å². The van der Waals surface area contributed by atoms with Gasteiger partial charge in [0.05, 0.1) is 6.54 Å². The number of anilines is 1. The third-order valence-corrected chi connectivity index (χ3v) is 3.90. The number of benzene rings is 2. The Balaban J connectivity index is 2.00. The molecule has 3 nitrogen and oxygen atoms in total. The fourth-order valence-corrected chi connectivity index (χ4v) is 2.61. The predicted octanol–water partition coefficient (Wildman–Crippen LogP) is 4.13. The Morgan fingerprint density at radius 3 is 2.09 bits per heavy atom. The molecule has 0 aliphatic carbocycles. The SMILES string of the molecule is NCCCCCCC(=O)N(Cc1ccccc1)c1ccccc1. The van der Waals surface area contributed by atoms with Crippen LogP contribution in [0.4, 0.5) is 5.69 Å². The zero-order chi connectivity index (χ0) is 16.3. The van der Waals surface area contributed by atoms with Crippen LogP contribution in [0.1, 0.15) is 37.7 Å². The summed E-state index contributed by atoms with van der Waals surface area (Å²) in [7, 11) is 0. The Morgan fingerprint density at radius 2 is 1.43 bits per heavy atom. The first-order chi connectivity index (χ1) is 11.3. The summed E-state index contributed by atoms with van der Waals surface area (Å²) in [5.41, 5.74) is 7.61. The molecule has 0 spiro atoms. The Morgan fingerprint density at radius 1 is 0.826 bits per heavy atom. The maximum atomic E-state index is 12.7. The van der Waals surface area contributed by atoms with E-state index in [0.717, 1.165) is 43.5 Å². The van der Waals surface area contributed by atoms with Crippen molar-refractivity contribution in [3.05, 3.63) is 66.2 Å². The van der Waals surface area contributed by atoms with Crippen LogP contribution in [-0.2, 0) is 11.3 Å². The Hall–Kier alpha value is -2.13. The molecule has 0 saturated heterocycles. The first kappa shape index (κ1) is 17.2. The first-order valence-corrected chi connectivity index (χ1v) is 8.40. The third kappa shape index (κ3) is 5.87. The number of rotatable bonds is 9. The topological polar surface area (TPSA) is 46.3 Å². The van der Waals surface area contributed by atoms with Crippen molar-refractivity contribution < 1.29 is 4.79 Å². The molecule has 0 radical (unpaired) electrons. The molecule has 3 heteroatoms. The molecule has 0 atom stereocenters. The van der Waals surface area contributed by atoms with Gasteiger partial charge >= 0.3 is 0 Å². The van der Waals surface area contributed by atoms with Gasteiger partial charge in [0.1, 0.15) is 0 Å². The van der Waals surface area contributed by atoms with Crippen LogP contribution in [0, 0.1) is 0 Å². The van der Waals surface area contributed by atoms with Crippen molar-refractivity contribution in [2.75, 3.05) is 11.4 Å². The zero-order valence-corrected chi connectivity index (χ0v) is 13.7. The van der Waals surface area contributed by atoms with Crippen LogP contribution in [0.2, 0.25) is 0 Å². The molecule has 1 amide bonds. The van der Waals surface area contributed by atoms with Gasteiger partial charge in [-0.2, -0.15) is 0 Å². The van der Waals surface area contributed by atoms with Gasteiger partial charge in [0.25, 0.3) is 0 Å². The number of amides is 1. The average molecular weight is 310 g/mol. The lowest BCUT2D eigenvalue weighted by atomic mass is 10.1. The highest BCUT2D eigenvalue weighted by Crippen LogP contribution is 2.19. The standard InChI is InChI=1S/C20H26N2O/c21-16-10-2-1-9-15-20(23)22(19-13-7-4-8-14-19)17-18-11-5-3-6-12-18/h3-8,11-14H,1-2,9-10,15-17,21H2. The van der Waals surface area contributed by atoms with Gasteiger partial charge in [0.2, 0.25) is 5.91 Å². The van der Waals surface area contributed by atoms with Gasteiger partial charge in [-0.25, -0.2) is 0 Å². The molecule has 0 aliphatic rings. The van der Waals surface area contributed by atoms with Crippen LogP contribution in [0.3, 0.4) is 0 Å². The molecule has 2 aromatic carbocycles. The number of para-hydroxylation sites is 1. The second-order valence-corrected chi connectivity index (χ2v) is 5.75. The molecule has 23 heavy (non-hydrogen) atoms. The fraction of sp³-hybridized carbons (Fsp3) is 0.350. The highest BCUT2D eigenvalue weighted by atomic mass is 16.2. The van der Waals surface area contributed by atoms with Gasteiger partial charge in [0, 0.05) is 12.1 Å². The summed E-state index contributed by atoms with van der Waals surface area (Å²) in [6.45, 7) is 1.35. The van der Waals surface area contributed by atoms with Gasteiger partial charge in [0.15, 0.2) is 0 Å². The minimum absolute atomic E-state index is 0.188. The highest BCUT2D eigenvalue weighted by Gasteiger charge is 2.15. The molecule has 122 valence electrons. The van der Waals surface area contributed by atoms with Crippen LogP contribution < -0.4 is 10.6 Å². The van der Waals surface area contributed by atoms with Gasteiger partial charge in [-0.3, -0.25) is 4.79 Å². The maximum absolute atomic E-state index is 12.7. The Bertz CT molecular complexity index is 569. The van der Waals surface area contributed by atoms with Crippen LogP contribution in [0.5, 0.6) is 0 Å². The van der Waals surface area contributed by atoms with Crippen molar-refractivity contribution in [2.45, 2.75) is 38.6 Å². The summed E-state index contributed by atoms with van der Waals surface area (Å²) in [5, 5.41) is 0. The van der Waals surface area contributed by atoms with Crippen molar-refractivity contribution in [1.82, 2.24) is 0 Å². The lowest BCUT2D eigenvalue weighted by molar-refractivity contribution is -0.118. The largest absolute Gasteiger partial charge is 0.330 e. The first-order valence-electron chi connectivity index (χ1n) is 8.40. The lowest BCUT2D eigenvalue weighted by Gasteiger charge is -2.23. The number of unbranched alkanes of at least 4 members (excludes halogenated alkanes) is 3. The molecular formula is C20H26N2O. The molecule has 2 rings (SSSR count). The third-order valence-electron chi connectivity index (χ3n) is 3.90. The summed E-state index contributed by atoms with van der Waals surface area (Å²) >= 11 is 0. The minimum Gasteiger partial charge on any atom is -0.330 e. The normalized spacial score (nSPS) is 10.5. The summed E-state index contributed by atoms with van der Waals surface area (Å²) in [6, 6.07) is 20.0. The van der Waals surface area contributed by atoms with Crippen LogP contribution >= 0.6 is 0 Å². The van der Waals surface area contributed by atoms with Crippen LogP contribution in [0.15, 0.2) is 60.7 Å². The average Bonchev–Trinajstić information content (AvgIpc) is 2.61. The maximum Gasteiger partial charge on any atom is 0.227 e. The Kier molecular flexibility index (Phi) is 7.34. The summed E-state index contributed by atoms with van der Waals surface area (Å²) in [5.74, 6) is 0.188. The number of nitrogens with zero attached hydrogens (tertiary/aromatic N) is 1. The minimum atomic E-state index is 0.188. The van der Waals surface area contributed by atoms with Crippen molar-refractivity contribution in [3.63, 3.8) is 0 Å². The second-order valence-electron chi connectivity index (χ2n) is 5.75. The van der Waals surface area contributed by atoms with Crippen LogP contribution in [0.25, 0.3) is 0 Å². The molecule has 0 heterocycles. The summed E-state index contributed by atoms with van der Waals surface area (Å²) < 4.78 is 0. The molecular weight excluding hydrogens is 284 g/mol. The molecule has 0 aromatic heterocycles. The number of nitrogens with two attached hydrogens (primary N) is 1. The van der Waals surface area contributed by atoms with E-state index in [4.69, 9.17) is 5.73 Å². The smallest absolute Gasteiger partial charge is 0.227 e. The predicted molar refractivity (Wildman–Crippen MR) is 96.2 cm³/mol. The van der Waals surface area contributed by atoms with E-state index in [2.05, 4.69) is 12.1 Å². The van der Waals surface area contributed by atoms with E-state index < -0.39 is 0 Å². The van der Waals surface area contributed by atoms with E-state index in [1.807, 2.05) is 53.4 Å². The lowest BCUT2D eigenvalue weighted by Crippen LogP contribution is -2.30. The molecule has 2 N–H and O–H groups in total. The van der Waals surface area contributed by atoms with Crippen molar-refractivity contribution in [2.24, 2.45) is 5.73 Å². The number of carbonyl (C=O) groups excluding carboxylic acids is 1. The quantitative estimate of drug-likeness (QED) is 0.708. The van der Waals surface area contributed by atoms with Crippen molar-refractivity contribution in [1.29, 1.82) is 0 Å². The fourth-order valence-electron chi connectivity index (χ4n) is 2.61. The molecule has 0 aliphatic heterocycles. The monoisotopic (exact) mass is 310 g/mol. The zero-order valence-electron chi connectivity index (χ0n) is 13.7. The molecule has 0 fully saturated rings. The van der Waals surface area contributed by atoms with E-state index >= 15 is 0 Å². The second kappa shape index (κ2) is 9.80. The van der Waals surface area contributed by atoms with E-state index in [0.29, 0.717) is 13.0 Å². The van der Waals surface area contributed by atoms with E-state index in [1.54, 1.807) is 0 Å². The summed E-state index contributed by atoms with van der Waals surface area (Å²) in [6.07, 6.45) is 4.73. The number of hydrogen-bond donors (Lipinski definition) is 1. The van der Waals surface area contributed by atoms with Crippen LogP contribution in [-0.4, -0.2) is 12.5 Å².